The van der Waals surface area contributed by atoms with Gasteiger partial charge in [-0.1, -0.05) is 11.6 Å². The van der Waals surface area contributed by atoms with Crippen molar-refractivity contribution in [1.29, 1.82) is 0 Å². The highest BCUT2D eigenvalue weighted by Crippen LogP contribution is 2.29. The molecule has 1 atom stereocenters. The minimum atomic E-state index is -5.08. The lowest BCUT2D eigenvalue weighted by Crippen LogP contribution is -2.54. The molecular weight excluding hydrogens is 538 g/mol. The van der Waals surface area contributed by atoms with Crippen LogP contribution in [0.2, 0.25) is 5.02 Å². The maximum Gasteiger partial charge on any atom is 0.490 e. The van der Waals surface area contributed by atoms with Crippen LogP contribution < -0.4 is 10.3 Å². The van der Waals surface area contributed by atoms with Crippen molar-refractivity contribution in [1.82, 2.24) is 24.6 Å². The van der Waals surface area contributed by atoms with Crippen LogP contribution in [0.25, 0.3) is 11.0 Å². The predicted octanol–water partition coefficient (Wildman–Crippen LogP) is 3.72. The van der Waals surface area contributed by atoms with Crippen LogP contribution in [0.3, 0.4) is 0 Å². The van der Waals surface area contributed by atoms with Crippen molar-refractivity contribution in [3.05, 3.63) is 51.4 Å². The molecule has 0 aliphatic carbocycles. The van der Waals surface area contributed by atoms with Gasteiger partial charge in [0.25, 0.3) is 5.56 Å². The molecule has 2 aliphatic heterocycles. The van der Waals surface area contributed by atoms with Crippen LogP contribution in [-0.2, 0) is 9.53 Å². The van der Waals surface area contributed by atoms with Crippen LogP contribution >= 0.6 is 11.6 Å². The molecule has 2 fully saturated rings. The minimum absolute atomic E-state index is 0.120. The molecule has 5 rings (SSSR count). The zero-order chi connectivity index (χ0) is 27.6. The van der Waals surface area contributed by atoms with E-state index in [1.165, 1.54) is 12.1 Å². The highest BCUT2D eigenvalue weighted by Gasteiger charge is 2.38. The highest BCUT2D eigenvalue weighted by molar-refractivity contribution is 6.30. The third-order valence-corrected chi connectivity index (χ3v) is 6.50. The molecule has 4 heterocycles. The lowest BCUT2D eigenvalue weighted by molar-refractivity contribution is -0.192. The SMILES string of the molecule is CC(c1nc2c(cnn2C2CCOCC2)c(=O)[nH]1)N1CC(Oc2ccc(Cl)cc2F)C1.O=C(O)C(F)(F)F. The van der Waals surface area contributed by atoms with E-state index in [-0.39, 0.29) is 29.5 Å². The molecular formula is C23H24ClF4N5O5. The van der Waals surface area contributed by atoms with E-state index in [4.69, 9.17) is 36.0 Å². The maximum absolute atomic E-state index is 14.0. The Morgan fingerprint density at radius 3 is 2.55 bits per heavy atom. The van der Waals surface area contributed by atoms with Crippen molar-refractivity contribution >= 4 is 28.6 Å². The summed E-state index contributed by atoms with van der Waals surface area (Å²) in [5.41, 5.74) is 0.413. The number of aromatic amines is 1. The van der Waals surface area contributed by atoms with Crippen LogP contribution in [-0.4, -0.2) is 74.3 Å². The molecule has 2 N–H and O–H groups in total. The van der Waals surface area contributed by atoms with Gasteiger partial charge in [-0.3, -0.25) is 9.69 Å². The third-order valence-electron chi connectivity index (χ3n) is 6.27. The molecule has 2 aliphatic rings. The lowest BCUT2D eigenvalue weighted by Gasteiger charge is -2.42. The van der Waals surface area contributed by atoms with Crippen molar-refractivity contribution in [3.63, 3.8) is 0 Å². The number of aromatic nitrogens is 4. The molecule has 2 saturated heterocycles. The van der Waals surface area contributed by atoms with E-state index in [0.29, 0.717) is 48.2 Å². The number of ether oxygens (including phenoxy) is 2. The number of likely N-dealkylation sites (tertiary alicyclic amines) is 1. The Morgan fingerprint density at radius 2 is 1.95 bits per heavy atom. The van der Waals surface area contributed by atoms with Gasteiger partial charge >= 0.3 is 12.1 Å². The molecule has 0 spiro atoms. The van der Waals surface area contributed by atoms with Gasteiger partial charge in [0.2, 0.25) is 0 Å². The van der Waals surface area contributed by atoms with Crippen LogP contribution in [0.15, 0.2) is 29.2 Å². The summed E-state index contributed by atoms with van der Waals surface area (Å²) in [6.45, 7) is 4.55. The monoisotopic (exact) mass is 561 g/mol. The fourth-order valence-electron chi connectivity index (χ4n) is 4.13. The number of aliphatic carboxylic acids is 1. The molecule has 38 heavy (non-hydrogen) atoms. The topological polar surface area (TPSA) is 123 Å². The first-order valence-electron chi connectivity index (χ1n) is 11.6. The number of halogens is 5. The van der Waals surface area contributed by atoms with Gasteiger partial charge in [0, 0.05) is 31.3 Å². The quantitative estimate of drug-likeness (QED) is 0.452. The molecule has 206 valence electrons. The summed E-state index contributed by atoms with van der Waals surface area (Å²) in [6, 6.07) is 4.44. The molecule has 0 bridgehead atoms. The number of hydrogen-bond acceptors (Lipinski definition) is 7. The molecule has 1 aromatic carbocycles. The van der Waals surface area contributed by atoms with Crippen molar-refractivity contribution in [2.45, 2.75) is 44.1 Å². The molecule has 10 nitrogen and oxygen atoms in total. The maximum atomic E-state index is 14.0. The van der Waals surface area contributed by atoms with Crippen LogP contribution in [0.4, 0.5) is 17.6 Å². The van der Waals surface area contributed by atoms with E-state index in [1.54, 1.807) is 12.3 Å². The number of H-pyrrole nitrogens is 1. The number of nitrogens with one attached hydrogen (secondary N) is 1. The van der Waals surface area contributed by atoms with Gasteiger partial charge in [0.15, 0.2) is 17.2 Å². The van der Waals surface area contributed by atoms with Crippen molar-refractivity contribution in [2.24, 2.45) is 0 Å². The smallest absolute Gasteiger partial charge is 0.485 e. The Hall–Kier alpha value is -3.23. The van der Waals surface area contributed by atoms with Gasteiger partial charge in [-0.05, 0) is 38.0 Å². The van der Waals surface area contributed by atoms with E-state index in [0.717, 1.165) is 12.8 Å². The van der Waals surface area contributed by atoms with Gasteiger partial charge < -0.3 is 19.6 Å². The number of hydrogen-bond donors (Lipinski definition) is 2. The van der Waals surface area contributed by atoms with E-state index in [1.807, 2.05) is 11.6 Å². The number of rotatable bonds is 5. The summed E-state index contributed by atoms with van der Waals surface area (Å²) >= 11 is 5.79. The second-order valence-corrected chi connectivity index (χ2v) is 9.30. The van der Waals surface area contributed by atoms with Gasteiger partial charge in [0.05, 0.1) is 18.3 Å². The highest BCUT2D eigenvalue weighted by atomic mass is 35.5. The zero-order valence-corrected chi connectivity index (χ0v) is 20.8. The summed E-state index contributed by atoms with van der Waals surface area (Å²) in [5, 5.41) is 12.4. The van der Waals surface area contributed by atoms with Crippen LogP contribution in [0.1, 0.15) is 37.7 Å². The standard InChI is InChI=1S/C21H23ClFN5O3.C2HF3O2/c1-12(27-10-15(11-27)31-18-3-2-13(22)8-17(18)23)19-25-20-16(21(29)26-19)9-24-28(20)14-4-6-30-7-5-14;3-2(4,5)1(6)7/h2-3,8-9,12,14-15H,4-7,10-11H2,1H3,(H,25,26,29);(H,6,7). The fourth-order valence-corrected chi connectivity index (χ4v) is 4.29. The minimum Gasteiger partial charge on any atom is -0.485 e. The third kappa shape index (κ3) is 6.25. The fraction of sp³-hybridized carbons (Fsp3) is 0.478. The predicted molar refractivity (Wildman–Crippen MR) is 127 cm³/mol. The summed E-state index contributed by atoms with van der Waals surface area (Å²) < 4.78 is 58.7. The first-order valence-corrected chi connectivity index (χ1v) is 12.0. The number of carbonyl (C=O) groups is 1. The number of alkyl halides is 3. The number of fused-ring (bicyclic) bond motifs is 1. The zero-order valence-electron chi connectivity index (χ0n) is 20.0. The van der Waals surface area contributed by atoms with Gasteiger partial charge in [0.1, 0.15) is 17.3 Å². The van der Waals surface area contributed by atoms with Crippen LogP contribution in [0, 0.1) is 5.82 Å². The molecule has 0 amide bonds. The second kappa shape index (κ2) is 11.3. The van der Waals surface area contributed by atoms with E-state index >= 15 is 0 Å². The summed E-state index contributed by atoms with van der Waals surface area (Å²) in [5.74, 6) is -2.46. The Bertz CT molecular complexity index is 1350. The lowest BCUT2D eigenvalue weighted by atomic mass is 10.1. The number of carboxylic acids is 1. The Morgan fingerprint density at radius 1 is 1.29 bits per heavy atom. The molecule has 15 heteroatoms. The van der Waals surface area contributed by atoms with E-state index in [9.17, 15) is 22.4 Å². The summed E-state index contributed by atoms with van der Waals surface area (Å²) in [4.78, 5) is 31.3. The molecule has 0 saturated carbocycles. The van der Waals surface area contributed by atoms with Gasteiger partial charge in [-0.2, -0.15) is 18.3 Å². The molecule has 0 radical (unpaired) electrons. The average Bonchev–Trinajstić information content (AvgIpc) is 3.27. The van der Waals surface area contributed by atoms with Crippen molar-refractivity contribution < 1.29 is 36.9 Å². The van der Waals surface area contributed by atoms with Gasteiger partial charge in [-0.25, -0.2) is 18.9 Å². The number of carboxylic acid groups (broad SMARTS) is 1. The van der Waals surface area contributed by atoms with Crippen molar-refractivity contribution in [3.8, 4) is 5.75 Å². The summed E-state index contributed by atoms with van der Waals surface area (Å²) in [6.07, 6.45) is -1.94. The van der Waals surface area contributed by atoms with Crippen LogP contribution in [0.5, 0.6) is 5.75 Å². The van der Waals surface area contributed by atoms with Gasteiger partial charge in [-0.15, -0.1) is 0 Å². The van der Waals surface area contributed by atoms with Crippen molar-refractivity contribution in [2.75, 3.05) is 26.3 Å². The van der Waals surface area contributed by atoms with E-state index < -0.39 is 18.0 Å². The Balaban J connectivity index is 0.000000426. The Kier molecular flexibility index (Phi) is 8.23. The molecule has 1 unspecified atom stereocenters. The van der Waals surface area contributed by atoms with E-state index in [2.05, 4.69) is 15.0 Å². The largest absolute Gasteiger partial charge is 0.490 e. The molecule has 2 aromatic heterocycles. The number of nitrogens with zero attached hydrogens (tertiary/aromatic N) is 4. The second-order valence-electron chi connectivity index (χ2n) is 8.87. The number of benzene rings is 1. The average molecular weight is 562 g/mol. The summed E-state index contributed by atoms with van der Waals surface area (Å²) in [7, 11) is 0. The first kappa shape index (κ1) is 27.8. The Labute approximate surface area is 218 Å². The molecule has 3 aromatic rings. The normalized spacial score (nSPS) is 17.9. The first-order chi connectivity index (χ1) is 17.9.